The number of imide groups is 1. The summed E-state index contributed by atoms with van der Waals surface area (Å²) in [5, 5.41) is 5.60. The van der Waals surface area contributed by atoms with E-state index in [1.54, 1.807) is 6.07 Å². The van der Waals surface area contributed by atoms with Crippen molar-refractivity contribution in [2.24, 2.45) is 11.8 Å². The third kappa shape index (κ3) is 2.23. The lowest BCUT2D eigenvalue weighted by Crippen LogP contribution is -2.54. The number of fused-ring (bicyclic) bond motifs is 8. The smallest absolute Gasteiger partial charge is 0.250 e. The molecule has 1 spiro atoms. The van der Waals surface area contributed by atoms with Gasteiger partial charge in [-0.3, -0.25) is 19.3 Å². The zero-order chi connectivity index (χ0) is 23.4. The molecule has 3 saturated heterocycles. The van der Waals surface area contributed by atoms with Crippen molar-refractivity contribution < 1.29 is 14.4 Å². The van der Waals surface area contributed by atoms with Crippen LogP contribution in [0.3, 0.4) is 0 Å². The molecule has 0 aliphatic carbocycles. The summed E-state index contributed by atoms with van der Waals surface area (Å²) in [6.45, 7) is 2.56. The molecule has 0 radical (unpaired) electrons. The largest absolute Gasteiger partial charge is 0.324 e. The fourth-order valence-electron chi connectivity index (χ4n) is 6.96. The lowest BCUT2D eigenvalue weighted by Gasteiger charge is -2.36. The summed E-state index contributed by atoms with van der Waals surface area (Å²) in [7, 11) is 0. The van der Waals surface area contributed by atoms with Crippen LogP contribution in [0.25, 0.3) is 10.8 Å². The van der Waals surface area contributed by atoms with Gasteiger partial charge in [0.15, 0.2) is 0 Å². The molecule has 4 heterocycles. The maximum absolute atomic E-state index is 14.1. The van der Waals surface area contributed by atoms with E-state index in [0.717, 1.165) is 34.7 Å². The first-order chi connectivity index (χ1) is 16.4. The van der Waals surface area contributed by atoms with Gasteiger partial charge >= 0.3 is 0 Å². The van der Waals surface area contributed by atoms with Crippen molar-refractivity contribution in [3.05, 3.63) is 70.7 Å². The van der Waals surface area contributed by atoms with E-state index in [0.29, 0.717) is 22.9 Å². The second kappa shape index (κ2) is 6.68. The highest BCUT2D eigenvalue weighted by molar-refractivity contribution is 6.32. The van der Waals surface area contributed by atoms with Gasteiger partial charge in [-0.05, 0) is 60.8 Å². The standard InChI is InChI=1S/C27H22ClN3O3/c1-14-19(28)11-10-18-23(14)29-26(34)27(18)22-21(20-7-4-12-30(20)27)24(32)31(25(22)33)17-9-8-15-5-2-3-6-16(15)13-17/h2-3,5-6,8-11,13,20-22H,4,7,12H2,1H3,(H,29,34)/t20-,21+,22-,27-/m0/s1. The quantitative estimate of drug-likeness (QED) is 0.539. The first-order valence-electron chi connectivity index (χ1n) is 11.7. The predicted molar refractivity (Wildman–Crippen MR) is 130 cm³/mol. The van der Waals surface area contributed by atoms with Gasteiger partial charge in [-0.2, -0.15) is 0 Å². The number of nitrogens with one attached hydrogen (secondary N) is 1. The van der Waals surface area contributed by atoms with Crippen LogP contribution in [0.4, 0.5) is 11.4 Å². The van der Waals surface area contributed by atoms with E-state index in [-0.39, 0.29) is 23.8 Å². The molecule has 170 valence electrons. The zero-order valence-corrected chi connectivity index (χ0v) is 19.3. The summed E-state index contributed by atoms with van der Waals surface area (Å²) < 4.78 is 0. The maximum atomic E-state index is 14.1. The average Bonchev–Trinajstić information content (AvgIpc) is 3.55. The molecule has 3 aromatic carbocycles. The van der Waals surface area contributed by atoms with Gasteiger partial charge in [-0.15, -0.1) is 0 Å². The molecule has 7 heteroatoms. The SMILES string of the molecule is Cc1c(Cl)ccc2c1NC(=O)[C@@]21[C@@H]2C(=O)N(c3ccc4ccccc4c3)C(=O)[C@@H]2[C@@H]2CCCN21. The molecule has 6 nitrogen and oxygen atoms in total. The third-order valence-corrected chi connectivity index (χ3v) is 8.76. The highest BCUT2D eigenvalue weighted by Crippen LogP contribution is 2.61. The minimum atomic E-state index is -1.19. The van der Waals surface area contributed by atoms with Crippen molar-refractivity contribution in [3.8, 4) is 0 Å². The number of carbonyl (C=O) groups excluding carboxylic acids is 3. The van der Waals surface area contributed by atoms with E-state index >= 15 is 0 Å². The maximum Gasteiger partial charge on any atom is 0.250 e. The Labute approximate surface area is 201 Å². The highest BCUT2D eigenvalue weighted by Gasteiger charge is 2.74. The van der Waals surface area contributed by atoms with Crippen LogP contribution in [0.2, 0.25) is 5.02 Å². The summed E-state index contributed by atoms with van der Waals surface area (Å²) in [5.41, 5.74) is 1.60. The Hall–Kier alpha value is -3.22. The molecule has 0 saturated carbocycles. The van der Waals surface area contributed by atoms with Crippen molar-refractivity contribution in [1.29, 1.82) is 0 Å². The molecular formula is C27H22ClN3O3. The van der Waals surface area contributed by atoms with Crippen LogP contribution in [-0.4, -0.2) is 35.2 Å². The fraction of sp³-hybridized carbons (Fsp3) is 0.296. The van der Waals surface area contributed by atoms with Gasteiger partial charge in [-0.1, -0.05) is 48.0 Å². The summed E-state index contributed by atoms with van der Waals surface area (Å²) in [6.07, 6.45) is 1.69. The molecule has 3 fully saturated rings. The van der Waals surface area contributed by atoms with E-state index in [9.17, 15) is 14.4 Å². The van der Waals surface area contributed by atoms with Crippen molar-refractivity contribution in [2.45, 2.75) is 31.3 Å². The highest BCUT2D eigenvalue weighted by atomic mass is 35.5. The minimum absolute atomic E-state index is 0.139. The zero-order valence-electron chi connectivity index (χ0n) is 18.5. The normalized spacial score (nSPS) is 29.8. The third-order valence-electron chi connectivity index (χ3n) is 8.35. The lowest BCUT2D eigenvalue weighted by atomic mass is 9.75. The Kier molecular flexibility index (Phi) is 3.96. The second-order valence-electron chi connectivity index (χ2n) is 9.77. The molecule has 1 N–H and O–H groups in total. The molecule has 34 heavy (non-hydrogen) atoms. The van der Waals surface area contributed by atoms with Gasteiger partial charge in [0, 0.05) is 16.6 Å². The first-order valence-corrected chi connectivity index (χ1v) is 12.1. The Morgan fingerprint density at radius 2 is 1.79 bits per heavy atom. The minimum Gasteiger partial charge on any atom is -0.324 e. The van der Waals surface area contributed by atoms with E-state index in [1.807, 2.05) is 55.5 Å². The van der Waals surface area contributed by atoms with Crippen LogP contribution in [0.15, 0.2) is 54.6 Å². The summed E-state index contributed by atoms with van der Waals surface area (Å²) in [5.74, 6) is -2.04. The first kappa shape index (κ1) is 20.2. The van der Waals surface area contributed by atoms with E-state index in [2.05, 4.69) is 10.2 Å². The number of halogens is 1. The number of amides is 3. The van der Waals surface area contributed by atoms with E-state index in [4.69, 9.17) is 11.6 Å². The Balaban J connectivity index is 1.42. The van der Waals surface area contributed by atoms with E-state index in [1.165, 1.54) is 4.90 Å². The molecular weight excluding hydrogens is 450 g/mol. The average molecular weight is 472 g/mol. The molecule has 3 aromatic rings. The van der Waals surface area contributed by atoms with Gasteiger partial charge in [0.25, 0.3) is 0 Å². The molecule has 7 rings (SSSR count). The molecule has 0 unspecified atom stereocenters. The Morgan fingerprint density at radius 3 is 2.62 bits per heavy atom. The Bertz CT molecular complexity index is 1450. The van der Waals surface area contributed by atoms with Gasteiger partial charge in [0.05, 0.1) is 23.2 Å². The number of anilines is 2. The predicted octanol–water partition coefficient (Wildman–Crippen LogP) is 4.23. The van der Waals surface area contributed by atoms with Gasteiger partial charge < -0.3 is 5.32 Å². The summed E-state index contributed by atoms with van der Waals surface area (Å²) >= 11 is 6.37. The topological polar surface area (TPSA) is 69.7 Å². The van der Waals surface area contributed by atoms with Crippen LogP contribution in [0.5, 0.6) is 0 Å². The molecule has 4 aliphatic heterocycles. The number of hydrogen-bond acceptors (Lipinski definition) is 4. The summed E-state index contributed by atoms with van der Waals surface area (Å²) in [6, 6.07) is 17.0. The summed E-state index contributed by atoms with van der Waals surface area (Å²) in [4.78, 5) is 45.2. The lowest BCUT2D eigenvalue weighted by molar-refractivity contribution is -0.135. The van der Waals surface area contributed by atoms with Gasteiger partial charge in [-0.25, -0.2) is 4.90 Å². The number of nitrogens with zero attached hydrogens (tertiary/aromatic N) is 2. The second-order valence-corrected chi connectivity index (χ2v) is 10.2. The molecule has 0 aromatic heterocycles. The van der Waals surface area contributed by atoms with Crippen LogP contribution < -0.4 is 10.2 Å². The van der Waals surface area contributed by atoms with Crippen LogP contribution in [0, 0.1) is 18.8 Å². The Morgan fingerprint density at radius 1 is 1.00 bits per heavy atom. The van der Waals surface area contributed by atoms with Crippen molar-refractivity contribution >= 4 is 51.5 Å². The van der Waals surface area contributed by atoms with Gasteiger partial charge in [0.1, 0.15) is 5.54 Å². The fourth-order valence-corrected chi connectivity index (χ4v) is 7.12. The monoisotopic (exact) mass is 471 g/mol. The molecule has 4 aliphatic rings. The van der Waals surface area contributed by atoms with Crippen molar-refractivity contribution in [3.63, 3.8) is 0 Å². The van der Waals surface area contributed by atoms with Crippen molar-refractivity contribution in [1.82, 2.24) is 4.90 Å². The molecule has 3 amide bonds. The number of benzene rings is 3. The molecule has 0 bridgehead atoms. The van der Waals surface area contributed by atoms with Crippen molar-refractivity contribution in [2.75, 3.05) is 16.8 Å². The molecule has 4 atom stereocenters. The van der Waals surface area contributed by atoms with Gasteiger partial charge in [0.2, 0.25) is 17.7 Å². The van der Waals surface area contributed by atoms with Crippen LogP contribution >= 0.6 is 11.6 Å². The van der Waals surface area contributed by atoms with Crippen LogP contribution in [0.1, 0.15) is 24.0 Å². The van der Waals surface area contributed by atoms with Crippen LogP contribution in [-0.2, 0) is 19.9 Å². The number of carbonyl (C=O) groups is 3. The van der Waals surface area contributed by atoms with E-state index < -0.39 is 17.4 Å². The number of rotatable bonds is 1. The number of hydrogen-bond donors (Lipinski definition) is 1.